The van der Waals surface area contributed by atoms with E-state index >= 15 is 0 Å². The smallest absolute Gasteiger partial charge is 0.339 e. The van der Waals surface area contributed by atoms with Gasteiger partial charge in [-0.15, -0.1) is 0 Å². The van der Waals surface area contributed by atoms with Crippen molar-refractivity contribution in [2.45, 2.75) is 26.9 Å². The van der Waals surface area contributed by atoms with Gasteiger partial charge in [-0.1, -0.05) is 30.3 Å². The van der Waals surface area contributed by atoms with Crippen molar-refractivity contribution >= 4 is 16.7 Å². The van der Waals surface area contributed by atoms with E-state index < -0.39 is 0 Å². The molecule has 0 radical (unpaired) electrons. The number of benzene rings is 2. The summed E-state index contributed by atoms with van der Waals surface area (Å²) in [5.41, 5.74) is 1.81. The van der Waals surface area contributed by atoms with Gasteiger partial charge in [0.25, 0.3) is 0 Å². The first-order valence-corrected chi connectivity index (χ1v) is 5.79. The van der Waals surface area contributed by atoms with Crippen molar-refractivity contribution in [1.29, 1.82) is 0 Å². The van der Waals surface area contributed by atoms with E-state index in [0.29, 0.717) is 5.56 Å². The number of hydrogen-bond acceptors (Lipinski definition) is 2. The van der Waals surface area contributed by atoms with Gasteiger partial charge < -0.3 is 4.74 Å². The summed E-state index contributed by atoms with van der Waals surface area (Å²) in [6.07, 6.45) is -0.0948. The topological polar surface area (TPSA) is 26.3 Å². The lowest BCUT2D eigenvalue weighted by Gasteiger charge is -2.11. The average molecular weight is 228 g/mol. The van der Waals surface area contributed by atoms with Gasteiger partial charge >= 0.3 is 5.97 Å². The van der Waals surface area contributed by atoms with Crippen LogP contribution in [0.3, 0.4) is 0 Å². The molecule has 2 aromatic rings. The number of ether oxygens (including phenoxy) is 1. The predicted molar refractivity (Wildman–Crippen MR) is 69.2 cm³/mol. The fourth-order valence-corrected chi connectivity index (χ4v) is 1.91. The zero-order valence-electron chi connectivity index (χ0n) is 10.4. The van der Waals surface area contributed by atoms with E-state index in [0.717, 1.165) is 10.8 Å². The van der Waals surface area contributed by atoms with Crippen LogP contribution in [-0.4, -0.2) is 12.1 Å². The molecule has 0 aliphatic rings. The predicted octanol–water partition coefficient (Wildman–Crippen LogP) is 3.71. The molecule has 0 heterocycles. The van der Waals surface area contributed by atoms with E-state index in [2.05, 4.69) is 0 Å². The SMILES string of the molecule is Cc1ccc(C(=O)OC(C)C)c2ccccc12. The Bertz CT molecular complexity index is 556. The monoisotopic (exact) mass is 228 g/mol. The number of aryl methyl sites for hydroxylation is 1. The Morgan fingerprint density at radius 3 is 2.35 bits per heavy atom. The Hall–Kier alpha value is -1.83. The van der Waals surface area contributed by atoms with E-state index in [1.165, 1.54) is 5.56 Å². The highest BCUT2D eigenvalue weighted by Gasteiger charge is 2.13. The van der Waals surface area contributed by atoms with Gasteiger partial charge in [0.05, 0.1) is 11.7 Å². The third kappa shape index (κ3) is 2.31. The molecule has 0 amide bonds. The van der Waals surface area contributed by atoms with Crippen LogP contribution in [0.4, 0.5) is 0 Å². The molecule has 88 valence electrons. The molecule has 0 aromatic heterocycles. The number of carbonyl (C=O) groups excluding carboxylic acids is 1. The van der Waals surface area contributed by atoms with Crippen molar-refractivity contribution in [3.63, 3.8) is 0 Å². The van der Waals surface area contributed by atoms with Gasteiger partial charge in [0.15, 0.2) is 0 Å². The van der Waals surface area contributed by atoms with Crippen molar-refractivity contribution in [3.8, 4) is 0 Å². The van der Waals surface area contributed by atoms with Crippen molar-refractivity contribution in [1.82, 2.24) is 0 Å². The molecule has 2 rings (SSSR count). The largest absolute Gasteiger partial charge is 0.459 e. The Labute approximate surface area is 101 Å². The minimum atomic E-state index is -0.254. The first-order chi connectivity index (χ1) is 8.09. The van der Waals surface area contributed by atoms with Crippen LogP contribution >= 0.6 is 0 Å². The number of esters is 1. The van der Waals surface area contributed by atoms with Crippen LogP contribution in [0.2, 0.25) is 0 Å². The van der Waals surface area contributed by atoms with Crippen molar-refractivity contribution in [2.75, 3.05) is 0 Å². The van der Waals surface area contributed by atoms with Crippen LogP contribution in [-0.2, 0) is 4.74 Å². The molecule has 0 unspecified atom stereocenters. The second-order valence-electron chi connectivity index (χ2n) is 4.43. The number of hydrogen-bond donors (Lipinski definition) is 0. The van der Waals surface area contributed by atoms with Gasteiger partial charge in [-0.25, -0.2) is 4.79 Å². The maximum atomic E-state index is 12.0. The molecule has 17 heavy (non-hydrogen) atoms. The molecule has 0 saturated heterocycles. The van der Waals surface area contributed by atoms with Crippen LogP contribution in [0.1, 0.15) is 29.8 Å². The number of carbonyl (C=O) groups is 1. The fraction of sp³-hybridized carbons (Fsp3) is 0.267. The minimum Gasteiger partial charge on any atom is -0.459 e. The van der Waals surface area contributed by atoms with Crippen LogP contribution in [0.15, 0.2) is 36.4 Å². The molecule has 0 fully saturated rings. The number of rotatable bonds is 2. The first-order valence-electron chi connectivity index (χ1n) is 5.79. The zero-order chi connectivity index (χ0) is 12.4. The molecule has 2 heteroatoms. The highest BCUT2D eigenvalue weighted by molar-refractivity contribution is 6.05. The van der Waals surface area contributed by atoms with Gasteiger partial charge in [-0.05, 0) is 43.2 Å². The molecule has 0 saturated carbocycles. The third-order valence-electron chi connectivity index (χ3n) is 2.70. The summed E-state index contributed by atoms with van der Waals surface area (Å²) >= 11 is 0. The van der Waals surface area contributed by atoms with Gasteiger partial charge in [-0.3, -0.25) is 0 Å². The summed E-state index contributed by atoms with van der Waals surface area (Å²) in [4.78, 5) is 12.0. The van der Waals surface area contributed by atoms with Crippen LogP contribution < -0.4 is 0 Å². The lowest BCUT2D eigenvalue weighted by molar-refractivity contribution is 0.0380. The van der Waals surface area contributed by atoms with Crippen molar-refractivity contribution < 1.29 is 9.53 Å². The summed E-state index contributed by atoms with van der Waals surface area (Å²) in [5, 5.41) is 2.06. The Morgan fingerprint density at radius 2 is 1.71 bits per heavy atom. The van der Waals surface area contributed by atoms with Crippen molar-refractivity contribution in [3.05, 3.63) is 47.5 Å². The van der Waals surface area contributed by atoms with E-state index in [-0.39, 0.29) is 12.1 Å². The molecule has 0 atom stereocenters. The minimum absolute atomic E-state index is 0.0948. The Balaban J connectivity index is 2.55. The maximum Gasteiger partial charge on any atom is 0.339 e. The molecule has 0 spiro atoms. The van der Waals surface area contributed by atoms with E-state index in [1.54, 1.807) is 0 Å². The lowest BCUT2D eigenvalue weighted by Crippen LogP contribution is -2.12. The first kappa shape index (κ1) is 11.6. The highest BCUT2D eigenvalue weighted by atomic mass is 16.5. The quantitative estimate of drug-likeness (QED) is 0.732. The molecule has 2 nitrogen and oxygen atoms in total. The summed E-state index contributed by atoms with van der Waals surface area (Å²) in [7, 11) is 0. The van der Waals surface area contributed by atoms with Gasteiger partial charge in [0.2, 0.25) is 0 Å². The molecular formula is C15H16O2. The summed E-state index contributed by atoms with van der Waals surface area (Å²) < 4.78 is 5.25. The zero-order valence-corrected chi connectivity index (χ0v) is 10.4. The summed E-state index contributed by atoms with van der Waals surface area (Å²) in [5.74, 6) is -0.254. The van der Waals surface area contributed by atoms with Crippen molar-refractivity contribution in [2.24, 2.45) is 0 Å². The number of fused-ring (bicyclic) bond motifs is 1. The van der Waals surface area contributed by atoms with Gasteiger partial charge in [0, 0.05) is 0 Å². The summed E-state index contributed by atoms with van der Waals surface area (Å²) in [6, 6.07) is 11.7. The second kappa shape index (κ2) is 4.58. The molecule has 0 aliphatic heterocycles. The molecular weight excluding hydrogens is 212 g/mol. The third-order valence-corrected chi connectivity index (χ3v) is 2.70. The van der Waals surface area contributed by atoms with Crippen LogP contribution in [0.25, 0.3) is 10.8 Å². The van der Waals surface area contributed by atoms with Crippen LogP contribution in [0, 0.1) is 6.92 Å². The molecule has 0 N–H and O–H groups in total. The molecule has 0 bridgehead atoms. The van der Waals surface area contributed by atoms with E-state index in [4.69, 9.17) is 4.74 Å². The highest BCUT2D eigenvalue weighted by Crippen LogP contribution is 2.23. The molecule has 0 aliphatic carbocycles. The van der Waals surface area contributed by atoms with E-state index in [1.807, 2.05) is 57.2 Å². The Morgan fingerprint density at radius 1 is 1.06 bits per heavy atom. The average Bonchev–Trinajstić information content (AvgIpc) is 2.29. The van der Waals surface area contributed by atoms with Crippen LogP contribution in [0.5, 0.6) is 0 Å². The molecule has 2 aromatic carbocycles. The summed E-state index contributed by atoms with van der Waals surface area (Å²) in [6.45, 7) is 5.75. The Kier molecular flexibility index (Phi) is 3.14. The standard InChI is InChI=1S/C15H16O2/c1-10(2)17-15(16)14-9-8-11(3)12-6-4-5-7-13(12)14/h4-10H,1-3H3. The second-order valence-corrected chi connectivity index (χ2v) is 4.43. The van der Waals surface area contributed by atoms with E-state index in [9.17, 15) is 4.79 Å². The van der Waals surface area contributed by atoms with Gasteiger partial charge in [0.1, 0.15) is 0 Å². The normalized spacial score (nSPS) is 10.8. The lowest BCUT2D eigenvalue weighted by atomic mass is 10.0. The van der Waals surface area contributed by atoms with Gasteiger partial charge in [-0.2, -0.15) is 0 Å². The fourth-order valence-electron chi connectivity index (χ4n) is 1.91. The maximum absolute atomic E-state index is 12.0.